The van der Waals surface area contributed by atoms with Gasteiger partial charge in [-0.3, -0.25) is 14.8 Å². The highest BCUT2D eigenvalue weighted by molar-refractivity contribution is 5.91. The molecule has 9 nitrogen and oxygen atoms in total. The van der Waals surface area contributed by atoms with Gasteiger partial charge in [-0.05, 0) is 19.3 Å². The number of imide groups is 1. The zero-order valence-electron chi connectivity index (χ0n) is 15.9. The molecule has 0 bridgehead atoms. The molecule has 27 heavy (non-hydrogen) atoms. The van der Waals surface area contributed by atoms with Gasteiger partial charge in [0, 0.05) is 19.4 Å². The van der Waals surface area contributed by atoms with E-state index in [1.807, 2.05) is 0 Å². The van der Waals surface area contributed by atoms with Crippen molar-refractivity contribution < 1.29 is 28.9 Å². The van der Waals surface area contributed by atoms with Crippen molar-refractivity contribution in [1.29, 1.82) is 0 Å². The summed E-state index contributed by atoms with van der Waals surface area (Å²) in [4.78, 5) is 49.4. The van der Waals surface area contributed by atoms with Gasteiger partial charge >= 0.3 is 11.9 Å². The molecular weight excluding hydrogens is 352 g/mol. The molecule has 1 unspecified atom stereocenters. The summed E-state index contributed by atoms with van der Waals surface area (Å²) in [5, 5.41) is 12.8. The first-order valence-electron chi connectivity index (χ1n) is 9.77. The van der Waals surface area contributed by atoms with Gasteiger partial charge in [-0.15, -0.1) is 0 Å². The Labute approximate surface area is 159 Å². The summed E-state index contributed by atoms with van der Waals surface area (Å²) in [6.07, 6.45) is 5.77. The summed E-state index contributed by atoms with van der Waals surface area (Å²) in [7, 11) is 0. The first-order valence-corrected chi connectivity index (χ1v) is 9.77. The highest BCUT2D eigenvalue weighted by atomic mass is 16.5. The lowest BCUT2D eigenvalue weighted by molar-refractivity contribution is -0.779. The molecule has 1 aliphatic heterocycles. The maximum Gasteiger partial charge on any atom is 0.424 e. The Morgan fingerprint density at radius 1 is 1.26 bits per heavy atom. The van der Waals surface area contributed by atoms with Crippen LogP contribution >= 0.6 is 0 Å². The Balaban J connectivity index is 2.36. The van der Waals surface area contributed by atoms with Crippen molar-refractivity contribution in [3.63, 3.8) is 0 Å². The van der Waals surface area contributed by atoms with E-state index >= 15 is 0 Å². The van der Waals surface area contributed by atoms with Gasteiger partial charge in [-0.25, -0.2) is 14.7 Å². The van der Waals surface area contributed by atoms with E-state index in [2.05, 4.69) is 5.32 Å². The van der Waals surface area contributed by atoms with Crippen LogP contribution in [0.25, 0.3) is 0 Å². The Kier molecular flexibility index (Phi) is 7.32. The van der Waals surface area contributed by atoms with Crippen LogP contribution in [0.15, 0.2) is 0 Å². The molecule has 5 amide bonds. The molecule has 1 aliphatic carbocycles. The molecule has 9 heteroatoms. The summed E-state index contributed by atoms with van der Waals surface area (Å²) >= 11 is 0. The summed E-state index contributed by atoms with van der Waals surface area (Å²) in [5.41, 5.74) is 5.53. The average molecular weight is 383 g/mol. The van der Waals surface area contributed by atoms with Crippen LogP contribution in [0.1, 0.15) is 51.9 Å². The summed E-state index contributed by atoms with van der Waals surface area (Å²) in [6, 6.07) is -1.45. The predicted molar refractivity (Wildman–Crippen MR) is 96.0 cm³/mol. The number of carbonyl (C=O) groups excluding carboxylic acids is 4. The third kappa shape index (κ3) is 4.47. The van der Waals surface area contributed by atoms with E-state index in [0.717, 1.165) is 25.7 Å². The number of nitrogens with zero attached hydrogens (tertiary/aromatic N) is 2. The highest BCUT2D eigenvalue weighted by Crippen LogP contribution is 2.35. The summed E-state index contributed by atoms with van der Waals surface area (Å²) in [5.74, 6) is -1.54. The zero-order valence-corrected chi connectivity index (χ0v) is 15.9. The van der Waals surface area contributed by atoms with Crippen LogP contribution in [0.3, 0.4) is 0 Å². The second-order valence-corrected chi connectivity index (χ2v) is 7.64. The summed E-state index contributed by atoms with van der Waals surface area (Å²) < 4.78 is -0.659. The van der Waals surface area contributed by atoms with E-state index in [-0.39, 0.29) is 19.5 Å². The van der Waals surface area contributed by atoms with Gasteiger partial charge in [0.1, 0.15) is 0 Å². The van der Waals surface area contributed by atoms with Crippen molar-refractivity contribution >= 4 is 24.3 Å². The van der Waals surface area contributed by atoms with Gasteiger partial charge in [0.05, 0.1) is 19.0 Å². The quantitative estimate of drug-likeness (QED) is 0.246. The van der Waals surface area contributed by atoms with Gasteiger partial charge in [0.15, 0.2) is 6.04 Å². The van der Waals surface area contributed by atoms with Crippen molar-refractivity contribution in [2.45, 2.75) is 57.9 Å². The summed E-state index contributed by atoms with van der Waals surface area (Å²) in [6.45, 7) is 2.08. The number of primary amides is 1. The van der Waals surface area contributed by atoms with E-state index in [4.69, 9.17) is 5.73 Å². The van der Waals surface area contributed by atoms with Crippen molar-refractivity contribution in [3.05, 3.63) is 0 Å². The molecule has 0 aromatic rings. The highest BCUT2D eigenvalue weighted by Gasteiger charge is 2.58. The number of hydrogen-bond acceptors (Lipinski definition) is 5. The lowest BCUT2D eigenvalue weighted by Crippen LogP contribution is -2.68. The van der Waals surface area contributed by atoms with Crippen LogP contribution in [0.2, 0.25) is 0 Å². The normalized spacial score (nSPS) is 26.5. The van der Waals surface area contributed by atoms with Crippen LogP contribution in [-0.4, -0.2) is 64.7 Å². The number of quaternary nitrogens is 1. The van der Waals surface area contributed by atoms with Gasteiger partial charge in [-0.2, -0.15) is 4.48 Å². The zero-order chi connectivity index (χ0) is 20.0. The number of nitrogens with two attached hydrogens (primary N) is 1. The number of urea groups is 1. The second kappa shape index (κ2) is 9.27. The van der Waals surface area contributed by atoms with Gasteiger partial charge in [0.25, 0.3) is 5.91 Å². The molecular formula is C18H31N4O5+. The smallest absolute Gasteiger partial charge is 0.364 e. The Hall–Kier alpha value is -2.00. The molecule has 0 radical (unpaired) electrons. The Bertz CT molecular complexity index is 578. The van der Waals surface area contributed by atoms with E-state index < -0.39 is 34.3 Å². The first-order chi connectivity index (χ1) is 12.9. The van der Waals surface area contributed by atoms with Gasteiger partial charge < -0.3 is 11.1 Å². The van der Waals surface area contributed by atoms with Crippen molar-refractivity contribution in [2.24, 2.45) is 17.6 Å². The first kappa shape index (κ1) is 21.3. The molecule has 1 saturated heterocycles. The monoisotopic (exact) mass is 383 g/mol. The fourth-order valence-electron chi connectivity index (χ4n) is 4.67. The van der Waals surface area contributed by atoms with E-state index in [1.54, 1.807) is 6.92 Å². The molecule has 1 heterocycles. The lowest BCUT2D eigenvalue weighted by Gasteiger charge is -2.36. The minimum absolute atomic E-state index is 0.191. The maximum absolute atomic E-state index is 13.6. The minimum atomic E-state index is -0.918. The van der Waals surface area contributed by atoms with Crippen molar-refractivity contribution in [2.75, 3.05) is 19.6 Å². The van der Waals surface area contributed by atoms with Crippen LogP contribution in [0.4, 0.5) is 4.79 Å². The van der Waals surface area contributed by atoms with E-state index in [9.17, 15) is 24.4 Å². The fourth-order valence-corrected chi connectivity index (χ4v) is 4.67. The molecule has 2 rings (SSSR count). The maximum atomic E-state index is 13.6. The fraction of sp³-hybridized carbons (Fsp3) is 0.778. The average Bonchev–Trinajstić information content (AvgIpc) is 3.30. The molecule has 0 aromatic heterocycles. The van der Waals surface area contributed by atoms with Gasteiger partial charge in [-0.1, -0.05) is 25.7 Å². The molecule has 4 N–H and O–H groups in total. The number of hydroxylamine groups is 2. The van der Waals surface area contributed by atoms with Crippen LogP contribution in [0.5, 0.6) is 0 Å². The number of likely N-dealkylation sites (tertiary alicyclic amines) is 1. The van der Waals surface area contributed by atoms with E-state index in [1.165, 1.54) is 0 Å². The lowest BCUT2D eigenvalue weighted by atomic mass is 9.90. The SMILES string of the molecule is CCNC(=O)[N+]1(C(=O)[C@H](CC2CCCC2)CN(O)C=O)CCC[C@H]1C(N)=O. The van der Waals surface area contributed by atoms with Crippen molar-refractivity contribution in [3.8, 4) is 0 Å². The van der Waals surface area contributed by atoms with Crippen molar-refractivity contribution in [1.82, 2.24) is 10.4 Å². The number of nitrogens with one attached hydrogen (secondary N) is 1. The Morgan fingerprint density at radius 3 is 2.48 bits per heavy atom. The molecule has 2 aliphatic rings. The van der Waals surface area contributed by atoms with Crippen LogP contribution in [0, 0.1) is 11.8 Å². The predicted octanol–water partition coefficient (Wildman–Crippen LogP) is 0.751. The molecule has 0 aromatic carbocycles. The number of amides is 5. The third-order valence-corrected chi connectivity index (χ3v) is 5.90. The molecule has 2 fully saturated rings. The number of carbonyl (C=O) groups is 4. The van der Waals surface area contributed by atoms with Crippen LogP contribution < -0.4 is 11.1 Å². The molecule has 0 spiro atoms. The second-order valence-electron chi connectivity index (χ2n) is 7.64. The number of rotatable bonds is 8. The Morgan fingerprint density at radius 2 is 1.93 bits per heavy atom. The largest absolute Gasteiger partial charge is 0.424 e. The van der Waals surface area contributed by atoms with Crippen LogP contribution in [-0.2, 0) is 14.4 Å². The standard InChI is InChI=1S/C18H30N4O5/c1-2-20-18(26)22(9-5-8-15(22)16(19)24)17(25)14(11-21(27)12-23)10-13-6-3-4-7-13/h12-15,27H,2-11H2,1H3,(H2-,19,20,24,26)/p+1/t14-,15+,22?/m1/s1. The molecule has 1 saturated carbocycles. The minimum Gasteiger partial charge on any atom is -0.364 e. The number of hydrogen-bond donors (Lipinski definition) is 3. The third-order valence-electron chi connectivity index (χ3n) is 5.90. The van der Waals surface area contributed by atoms with Gasteiger partial charge in [0.2, 0.25) is 6.41 Å². The molecule has 152 valence electrons. The molecule has 3 atom stereocenters. The van der Waals surface area contributed by atoms with E-state index in [0.29, 0.717) is 36.8 Å². The topological polar surface area (TPSA) is 130 Å².